The van der Waals surface area contributed by atoms with Gasteiger partial charge in [0.1, 0.15) is 0 Å². The Morgan fingerprint density at radius 1 is 1.32 bits per heavy atom. The molecular formula is C16H26N2O. The van der Waals surface area contributed by atoms with E-state index in [9.17, 15) is 5.11 Å². The predicted molar refractivity (Wildman–Crippen MR) is 79.3 cm³/mol. The maximum Gasteiger partial charge on any atom is 0.0957 e. The molecule has 0 bridgehead atoms. The van der Waals surface area contributed by atoms with Gasteiger partial charge in [-0.25, -0.2) is 0 Å². The highest BCUT2D eigenvalue weighted by Crippen LogP contribution is 2.26. The molecule has 0 amide bonds. The second kappa shape index (κ2) is 6.90. The first-order valence-corrected chi connectivity index (χ1v) is 7.56. The summed E-state index contributed by atoms with van der Waals surface area (Å²) in [7, 11) is 2.14. The van der Waals surface area contributed by atoms with Crippen molar-refractivity contribution in [3.05, 3.63) is 24.0 Å². The van der Waals surface area contributed by atoms with Crippen LogP contribution < -0.4 is 4.90 Å². The molecule has 1 saturated carbocycles. The molecule has 1 aromatic heterocycles. The van der Waals surface area contributed by atoms with Gasteiger partial charge in [-0.2, -0.15) is 0 Å². The molecule has 1 aliphatic carbocycles. The Balaban J connectivity index is 1.93. The molecule has 0 saturated heterocycles. The van der Waals surface area contributed by atoms with E-state index in [1.807, 2.05) is 19.2 Å². The second-order valence-electron chi connectivity index (χ2n) is 5.75. The highest BCUT2D eigenvalue weighted by molar-refractivity contribution is 5.43. The molecule has 3 heteroatoms. The van der Waals surface area contributed by atoms with E-state index in [2.05, 4.69) is 23.0 Å². The van der Waals surface area contributed by atoms with Crippen LogP contribution in [0.4, 0.5) is 5.69 Å². The van der Waals surface area contributed by atoms with E-state index in [0.29, 0.717) is 6.42 Å². The van der Waals surface area contributed by atoms with Crippen molar-refractivity contribution < 1.29 is 5.11 Å². The Hall–Kier alpha value is -1.09. The van der Waals surface area contributed by atoms with Crippen LogP contribution in [0.15, 0.2) is 18.3 Å². The summed E-state index contributed by atoms with van der Waals surface area (Å²) in [6, 6.07) is 4.02. The number of aliphatic hydroxyl groups excluding tert-OH is 1. The van der Waals surface area contributed by atoms with Crippen LogP contribution in [0.5, 0.6) is 0 Å². The number of rotatable bonds is 5. The van der Waals surface area contributed by atoms with Crippen molar-refractivity contribution in [3.63, 3.8) is 0 Å². The Morgan fingerprint density at radius 3 is 2.63 bits per heavy atom. The minimum absolute atomic E-state index is 0.433. The topological polar surface area (TPSA) is 36.4 Å². The fraction of sp³-hybridized carbons (Fsp3) is 0.688. The van der Waals surface area contributed by atoms with Crippen LogP contribution in [0.2, 0.25) is 0 Å². The number of anilines is 1. The molecule has 1 heterocycles. The minimum atomic E-state index is -0.433. The van der Waals surface area contributed by atoms with E-state index in [-0.39, 0.29) is 0 Å². The van der Waals surface area contributed by atoms with Crippen molar-refractivity contribution in [2.24, 2.45) is 5.92 Å². The molecule has 1 N–H and O–H groups in total. The largest absolute Gasteiger partial charge is 0.387 e. The van der Waals surface area contributed by atoms with Gasteiger partial charge >= 0.3 is 0 Å². The highest BCUT2D eigenvalue weighted by Gasteiger charge is 2.16. The van der Waals surface area contributed by atoms with Crippen molar-refractivity contribution in [3.8, 4) is 0 Å². The van der Waals surface area contributed by atoms with Crippen molar-refractivity contribution >= 4 is 5.69 Å². The molecular weight excluding hydrogens is 236 g/mol. The smallest absolute Gasteiger partial charge is 0.0957 e. The predicted octanol–water partition coefficient (Wildman–Crippen LogP) is 3.54. The summed E-state index contributed by atoms with van der Waals surface area (Å²) >= 11 is 0. The van der Waals surface area contributed by atoms with Crippen molar-refractivity contribution in [1.82, 2.24) is 4.98 Å². The van der Waals surface area contributed by atoms with Gasteiger partial charge in [-0.1, -0.05) is 26.2 Å². The van der Waals surface area contributed by atoms with E-state index in [4.69, 9.17) is 0 Å². The molecule has 0 aromatic carbocycles. The van der Waals surface area contributed by atoms with Crippen molar-refractivity contribution in [2.45, 2.75) is 51.6 Å². The molecule has 1 atom stereocenters. The van der Waals surface area contributed by atoms with Crippen LogP contribution in [0.1, 0.15) is 57.2 Å². The Labute approximate surface area is 116 Å². The van der Waals surface area contributed by atoms with E-state index in [1.54, 1.807) is 0 Å². The molecule has 106 valence electrons. The van der Waals surface area contributed by atoms with Gasteiger partial charge in [0.05, 0.1) is 23.7 Å². The lowest BCUT2D eigenvalue weighted by atomic mass is 9.89. The molecule has 0 aliphatic heterocycles. The summed E-state index contributed by atoms with van der Waals surface area (Å²) in [4.78, 5) is 6.67. The molecule has 1 aromatic rings. The number of hydrogen-bond acceptors (Lipinski definition) is 3. The first kappa shape index (κ1) is 14.3. The van der Waals surface area contributed by atoms with E-state index < -0.39 is 6.10 Å². The zero-order valence-corrected chi connectivity index (χ0v) is 12.2. The average molecular weight is 262 g/mol. The molecule has 1 unspecified atom stereocenters. The number of aromatic nitrogens is 1. The number of aliphatic hydroxyl groups is 1. The third-order valence-electron chi connectivity index (χ3n) is 4.20. The first-order chi connectivity index (χ1) is 9.20. The van der Waals surface area contributed by atoms with Gasteiger partial charge in [0, 0.05) is 13.6 Å². The van der Waals surface area contributed by atoms with Gasteiger partial charge < -0.3 is 10.0 Å². The van der Waals surface area contributed by atoms with Gasteiger partial charge in [0.25, 0.3) is 0 Å². The summed E-state index contributed by atoms with van der Waals surface area (Å²) in [5.41, 5.74) is 1.93. The van der Waals surface area contributed by atoms with Crippen LogP contribution >= 0.6 is 0 Å². The van der Waals surface area contributed by atoms with E-state index in [1.165, 1.54) is 32.1 Å². The minimum Gasteiger partial charge on any atom is -0.387 e. The summed E-state index contributed by atoms with van der Waals surface area (Å²) in [6.45, 7) is 3.09. The Kier molecular flexibility index (Phi) is 5.20. The molecule has 0 spiro atoms. The number of nitrogens with zero attached hydrogens (tertiary/aromatic N) is 2. The van der Waals surface area contributed by atoms with Gasteiger partial charge in [-0.3, -0.25) is 4.98 Å². The molecule has 1 fully saturated rings. The van der Waals surface area contributed by atoms with E-state index in [0.717, 1.165) is 23.8 Å². The lowest BCUT2D eigenvalue weighted by molar-refractivity contribution is 0.169. The van der Waals surface area contributed by atoms with Gasteiger partial charge in [0.2, 0.25) is 0 Å². The van der Waals surface area contributed by atoms with Crippen LogP contribution in [-0.4, -0.2) is 23.7 Å². The molecule has 0 radical (unpaired) electrons. The summed E-state index contributed by atoms with van der Waals surface area (Å²) in [5.74, 6) is 0.833. The maximum atomic E-state index is 9.74. The van der Waals surface area contributed by atoms with E-state index >= 15 is 0 Å². The van der Waals surface area contributed by atoms with Crippen LogP contribution in [0.3, 0.4) is 0 Å². The molecule has 3 nitrogen and oxygen atoms in total. The van der Waals surface area contributed by atoms with Crippen LogP contribution in [0.25, 0.3) is 0 Å². The molecule has 2 rings (SSSR count). The third-order valence-corrected chi connectivity index (χ3v) is 4.20. The Bertz CT molecular complexity index is 371. The number of hydrogen-bond donors (Lipinski definition) is 1. The Morgan fingerprint density at radius 2 is 2.05 bits per heavy atom. The quantitative estimate of drug-likeness (QED) is 0.881. The number of pyridine rings is 1. The lowest BCUT2D eigenvalue weighted by Crippen LogP contribution is -2.26. The average Bonchev–Trinajstić information content (AvgIpc) is 2.47. The van der Waals surface area contributed by atoms with Gasteiger partial charge in [-0.15, -0.1) is 0 Å². The summed E-state index contributed by atoms with van der Waals surface area (Å²) in [5, 5.41) is 9.74. The zero-order valence-electron chi connectivity index (χ0n) is 12.2. The molecule has 1 aliphatic rings. The monoisotopic (exact) mass is 262 g/mol. The SMILES string of the molecule is CCC(O)c1ccc(N(C)CC2CCCCC2)cn1. The van der Waals surface area contributed by atoms with Crippen LogP contribution in [-0.2, 0) is 0 Å². The fourth-order valence-corrected chi connectivity index (χ4v) is 2.89. The normalized spacial score (nSPS) is 18.3. The van der Waals surface area contributed by atoms with Gasteiger partial charge in [0.15, 0.2) is 0 Å². The van der Waals surface area contributed by atoms with Crippen molar-refractivity contribution in [2.75, 3.05) is 18.5 Å². The highest BCUT2D eigenvalue weighted by atomic mass is 16.3. The third kappa shape index (κ3) is 3.93. The van der Waals surface area contributed by atoms with Gasteiger partial charge in [-0.05, 0) is 37.3 Å². The zero-order chi connectivity index (χ0) is 13.7. The second-order valence-corrected chi connectivity index (χ2v) is 5.75. The fourth-order valence-electron chi connectivity index (χ4n) is 2.89. The summed E-state index contributed by atoms with van der Waals surface area (Å²) < 4.78 is 0. The summed E-state index contributed by atoms with van der Waals surface area (Å²) in [6.07, 6.45) is 9.08. The lowest BCUT2D eigenvalue weighted by Gasteiger charge is -2.28. The first-order valence-electron chi connectivity index (χ1n) is 7.56. The maximum absolute atomic E-state index is 9.74. The molecule has 19 heavy (non-hydrogen) atoms. The van der Waals surface area contributed by atoms with Crippen LogP contribution in [0, 0.1) is 5.92 Å². The standard InChI is InChI=1S/C16H26N2O/c1-3-16(19)15-10-9-14(11-17-15)18(2)12-13-7-5-4-6-8-13/h9-11,13,16,19H,3-8,12H2,1-2H3. The van der Waals surface area contributed by atoms with Crippen molar-refractivity contribution in [1.29, 1.82) is 0 Å².